The number of aryl methyl sites for hydroxylation is 2. The predicted octanol–water partition coefficient (Wildman–Crippen LogP) is 3.02. The summed E-state index contributed by atoms with van der Waals surface area (Å²) in [6.45, 7) is 6.01. The molecule has 1 amide bonds. The fraction of sp³-hybridized carbons (Fsp3) is 0.364. The number of hydrogen-bond acceptors (Lipinski definition) is 7. The van der Waals surface area contributed by atoms with Crippen LogP contribution in [0.4, 0.5) is 5.82 Å². The smallest absolute Gasteiger partial charge is 0.257 e. The van der Waals surface area contributed by atoms with Crippen molar-refractivity contribution in [2.24, 2.45) is 7.05 Å². The van der Waals surface area contributed by atoms with Gasteiger partial charge in [0.2, 0.25) is 5.88 Å². The molecule has 4 rings (SSSR count). The number of ether oxygens (including phenoxy) is 2. The van der Waals surface area contributed by atoms with Gasteiger partial charge in [-0.05, 0) is 26.0 Å². The molecule has 9 nitrogen and oxygen atoms in total. The average molecular weight is 423 g/mol. The van der Waals surface area contributed by atoms with Gasteiger partial charge in [-0.1, -0.05) is 6.92 Å². The SMILES string of the molecule is CCc1nc(O)cc(COc2cc(C(=O)Nc3ccn(C)n3)cc3c2CC(C)(C)O3)n1. The van der Waals surface area contributed by atoms with Gasteiger partial charge in [0.15, 0.2) is 5.82 Å². The number of benzene rings is 1. The Morgan fingerprint density at radius 1 is 1.32 bits per heavy atom. The molecule has 3 heterocycles. The highest BCUT2D eigenvalue weighted by atomic mass is 16.5. The second kappa shape index (κ2) is 7.90. The molecule has 31 heavy (non-hydrogen) atoms. The Kier molecular flexibility index (Phi) is 5.26. The van der Waals surface area contributed by atoms with Crippen LogP contribution in [0.2, 0.25) is 0 Å². The zero-order chi connectivity index (χ0) is 22.2. The largest absolute Gasteiger partial charge is 0.493 e. The monoisotopic (exact) mass is 423 g/mol. The van der Waals surface area contributed by atoms with Gasteiger partial charge in [0, 0.05) is 49.3 Å². The minimum Gasteiger partial charge on any atom is -0.493 e. The molecule has 0 fully saturated rings. The van der Waals surface area contributed by atoms with Crippen molar-refractivity contribution in [1.29, 1.82) is 0 Å². The van der Waals surface area contributed by atoms with E-state index in [1.165, 1.54) is 6.07 Å². The van der Waals surface area contributed by atoms with E-state index in [1.807, 2.05) is 20.8 Å². The number of hydrogen-bond donors (Lipinski definition) is 2. The molecule has 3 aromatic rings. The third-order valence-corrected chi connectivity index (χ3v) is 4.88. The summed E-state index contributed by atoms with van der Waals surface area (Å²) in [6.07, 6.45) is 3.00. The minimum absolute atomic E-state index is 0.0939. The van der Waals surface area contributed by atoms with Crippen molar-refractivity contribution >= 4 is 11.7 Å². The minimum atomic E-state index is -0.404. The van der Waals surface area contributed by atoms with Gasteiger partial charge in [0.1, 0.15) is 29.5 Å². The molecular weight excluding hydrogens is 398 g/mol. The molecule has 0 atom stereocenters. The fourth-order valence-corrected chi connectivity index (χ4v) is 3.49. The van der Waals surface area contributed by atoms with Gasteiger partial charge < -0.3 is 19.9 Å². The standard InChI is InChI=1S/C22H25N5O4/c1-5-18-23-14(10-20(28)24-18)12-30-16-8-13(9-17-15(16)11-22(2,3)31-17)21(29)25-19-6-7-27(4)26-19/h6-10H,5,11-12H2,1-4H3,(H,23,24,28)(H,25,26,29). The summed E-state index contributed by atoms with van der Waals surface area (Å²) in [6, 6.07) is 6.61. The third kappa shape index (κ3) is 4.60. The molecule has 0 spiro atoms. The third-order valence-electron chi connectivity index (χ3n) is 4.88. The Morgan fingerprint density at radius 3 is 2.84 bits per heavy atom. The number of carbonyl (C=O) groups is 1. The van der Waals surface area contributed by atoms with E-state index in [-0.39, 0.29) is 18.4 Å². The molecule has 162 valence electrons. The Bertz CT molecular complexity index is 1140. The average Bonchev–Trinajstić information content (AvgIpc) is 3.25. The zero-order valence-electron chi connectivity index (χ0n) is 18.0. The van der Waals surface area contributed by atoms with Gasteiger partial charge in [0.25, 0.3) is 5.91 Å². The molecule has 2 N–H and O–H groups in total. The van der Waals surface area contributed by atoms with E-state index in [0.29, 0.717) is 47.2 Å². The number of aromatic hydroxyl groups is 1. The molecule has 0 unspecified atom stereocenters. The number of fused-ring (bicyclic) bond motifs is 1. The number of amides is 1. The first-order valence-electron chi connectivity index (χ1n) is 10.1. The molecule has 2 aromatic heterocycles. The first-order valence-corrected chi connectivity index (χ1v) is 10.1. The molecular formula is C22H25N5O4. The Balaban J connectivity index is 1.61. The maximum Gasteiger partial charge on any atom is 0.257 e. The molecule has 0 radical (unpaired) electrons. The van der Waals surface area contributed by atoms with Crippen LogP contribution in [-0.2, 0) is 26.5 Å². The topological polar surface area (TPSA) is 111 Å². The first kappa shape index (κ1) is 20.6. The molecule has 1 aromatic carbocycles. The molecule has 1 aliphatic rings. The molecule has 0 saturated heterocycles. The van der Waals surface area contributed by atoms with Crippen LogP contribution < -0.4 is 14.8 Å². The second-order valence-electron chi connectivity index (χ2n) is 8.09. The molecule has 0 bridgehead atoms. The second-order valence-corrected chi connectivity index (χ2v) is 8.09. The van der Waals surface area contributed by atoms with Gasteiger partial charge in [-0.2, -0.15) is 10.1 Å². The van der Waals surface area contributed by atoms with Crippen molar-refractivity contribution in [3.63, 3.8) is 0 Å². The molecule has 0 saturated carbocycles. The van der Waals surface area contributed by atoms with Crippen molar-refractivity contribution in [3.8, 4) is 17.4 Å². The number of rotatable bonds is 6. The van der Waals surface area contributed by atoms with E-state index in [9.17, 15) is 9.90 Å². The highest BCUT2D eigenvalue weighted by Crippen LogP contribution is 2.41. The normalized spacial score (nSPS) is 14.1. The van der Waals surface area contributed by atoms with Crippen LogP contribution in [0.25, 0.3) is 0 Å². The maximum absolute atomic E-state index is 12.8. The van der Waals surface area contributed by atoms with Crippen LogP contribution in [0.5, 0.6) is 17.4 Å². The Labute approximate surface area is 180 Å². The summed E-state index contributed by atoms with van der Waals surface area (Å²) < 4.78 is 13.7. The van der Waals surface area contributed by atoms with Crippen LogP contribution in [0.3, 0.4) is 0 Å². The summed E-state index contributed by atoms with van der Waals surface area (Å²) >= 11 is 0. The van der Waals surface area contributed by atoms with E-state index in [4.69, 9.17) is 9.47 Å². The number of carbonyl (C=O) groups excluding carboxylic acids is 1. The molecule has 9 heteroatoms. The molecule has 1 aliphatic heterocycles. The molecule has 0 aliphatic carbocycles. The lowest BCUT2D eigenvalue weighted by molar-refractivity contribution is 0.102. The first-order chi connectivity index (χ1) is 14.7. The lowest BCUT2D eigenvalue weighted by Gasteiger charge is -2.16. The number of anilines is 1. The Morgan fingerprint density at radius 2 is 2.13 bits per heavy atom. The van der Waals surface area contributed by atoms with Gasteiger partial charge in [-0.25, -0.2) is 4.98 Å². The fourth-order valence-electron chi connectivity index (χ4n) is 3.49. The summed E-state index contributed by atoms with van der Waals surface area (Å²) in [7, 11) is 1.78. The van der Waals surface area contributed by atoms with E-state index in [2.05, 4.69) is 20.4 Å². The number of nitrogens with one attached hydrogen (secondary N) is 1. The number of aromatic nitrogens is 4. The van der Waals surface area contributed by atoms with Gasteiger partial charge in [-0.15, -0.1) is 0 Å². The van der Waals surface area contributed by atoms with Crippen LogP contribution >= 0.6 is 0 Å². The summed E-state index contributed by atoms with van der Waals surface area (Å²) in [5.74, 6) is 1.76. The van der Waals surface area contributed by atoms with Crippen molar-refractivity contribution in [2.75, 3.05) is 5.32 Å². The summed E-state index contributed by atoms with van der Waals surface area (Å²) in [4.78, 5) is 21.2. The van der Waals surface area contributed by atoms with E-state index >= 15 is 0 Å². The van der Waals surface area contributed by atoms with Crippen molar-refractivity contribution in [1.82, 2.24) is 19.7 Å². The van der Waals surface area contributed by atoms with Crippen molar-refractivity contribution < 1.29 is 19.4 Å². The van der Waals surface area contributed by atoms with Crippen molar-refractivity contribution in [3.05, 3.63) is 53.1 Å². The van der Waals surface area contributed by atoms with E-state index in [1.54, 1.807) is 36.1 Å². The van der Waals surface area contributed by atoms with Crippen LogP contribution in [-0.4, -0.2) is 36.4 Å². The lowest BCUT2D eigenvalue weighted by atomic mass is 9.99. The van der Waals surface area contributed by atoms with Crippen LogP contribution in [0.1, 0.15) is 48.2 Å². The van der Waals surface area contributed by atoms with Crippen LogP contribution in [0, 0.1) is 0 Å². The predicted molar refractivity (Wildman–Crippen MR) is 113 cm³/mol. The quantitative estimate of drug-likeness (QED) is 0.627. The van der Waals surface area contributed by atoms with Crippen molar-refractivity contribution in [2.45, 2.75) is 45.8 Å². The highest BCUT2D eigenvalue weighted by molar-refractivity contribution is 6.04. The van der Waals surface area contributed by atoms with E-state index < -0.39 is 5.60 Å². The van der Waals surface area contributed by atoms with Gasteiger partial charge >= 0.3 is 0 Å². The summed E-state index contributed by atoms with van der Waals surface area (Å²) in [5.41, 5.74) is 1.45. The van der Waals surface area contributed by atoms with Gasteiger partial charge in [-0.3, -0.25) is 9.48 Å². The van der Waals surface area contributed by atoms with Crippen LogP contribution in [0.15, 0.2) is 30.5 Å². The Hall–Kier alpha value is -3.62. The van der Waals surface area contributed by atoms with Gasteiger partial charge in [0.05, 0.1) is 5.69 Å². The van der Waals surface area contributed by atoms with E-state index in [0.717, 1.165) is 5.56 Å². The lowest BCUT2D eigenvalue weighted by Crippen LogP contribution is -2.24. The summed E-state index contributed by atoms with van der Waals surface area (Å²) in [5, 5.41) is 16.8. The zero-order valence-corrected chi connectivity index (χ0v) is 18.0. The highest BCUT2D eigenvalue weighted by Gasteiger charge is 2.34. The maximum atomic E-state index is 12.8. The number of nitrogens with zero attached hydrogens (tertiary/aromatic N) is 4.